The number of carbonyl (C=O) groups excluding carboxylic acids is 1. The molecule has 0 aromatic heterocycles. The number of hydrogen-bond acceptors (Lipinski definition) is 4. The second-order valence-corrected chi connectivity index (χ2v) is 6.14. The van der Waals surface area contributed by atoms with Crippen LogP contribution in [0.2, 0.25) is 0 Å². The molecule has 1 amide bonds. The number of rotatable bonds is 7. The van der Waals surface area contributed by atoms with Gasteiger partial charge >= 0.3 is 0 Å². The zero-order valence-electron chi connectivity index (χ0n) is 10.5. The van der Waals surface area contributed by atoms with Gasteiger partial charge in [0.15, 0.2) is 0 Å². The minimum atomic E-state index is -3.29. The van der Waals surface area contributed by atoms with E-state index in [2.05, 4.69) is 5.32 Å². The molecule has 1 atom stereocenters. The van der Waals surface area contributed by atoms with Crippen LogP contribution in [0.25, 0.3) is 0 Å². The summed E-state index contributed by atoms with van der Waals surface area (Å²) in [6, 6.07) is 0.0254. The Kier molecular flexibility index (Phi) is 9.69. The van der Waals surface area contributed by atoms with Crippen LogP contribution in [0.5, 0.6) is 0 Å². The molecule has 0 aliphatic carbocycles. The Morgan fingerprint density at radius 2 is 2.00 bits per heavy atom. The van der Waals surface area contributed by atoms with E-state index in [-0.39, 0.29) is 36.7 Å². The summed E-state index contributed by atoms with van der Waals surface area (Å²) < 4.78 is 23.7. The molecule has 0 aliphatic rings. The van der Waals surface area contributed by atoms with Crippen LogP contribution in [-0.2, 0) is 14.8 Å². The van der Waals surface area contributed by atoms with Gasteiger partial charge in [-0.15, -0.1) is 12.4 Å². The monoisotopic (exact) mass is 287 g/mol. The van der Waals surface area contributed by atoms with Crippen molar-refractivity contribution in [2.24, 2.45) is 5.73 Å². The van der Waals surface area contributed by atoms with E-state index in [4.69, 9.17) is 5.73 Å². The number of sulfonamides is 1. The first-order valence-electron chi connectivity index (χ1n) is 5.26. The molecule has 0 aromatic carbocycles. The van der Waals surface area contributed by atoms with E-state index in [9.17, 15) is 13.2 Å². The van der Waals surface area contributed by atoms with Crippen molar-refractivity contribution >= 4 is 28.3 Å². The van der Waals surface area contributed by atoms with Gasteiger partial charge in [0.25, 0.3) is 0 Å². The Morgan fingerprint density at radius 3 is 2.41 bits per heavy atom. The molecule has 0 bridgehead atoms. The van der Waals surface area contributed by atoms with Gasteiger partial charge in [-0.3, -0.25) is 4.79 Å². The molecule has 8 heteroatoms. The third-order valence-corrected chi connectivity index (χ3v) is 3.94. The Hall–Kier alpha value is -0.370. The normalized spacial score (nSPS) is 13.0. The highest BCUT2D eigenvalue weighted by atomic mass is 35.5. The van der Waals surface area contributed by atoms with E-state index in [1.54, 1.807) is 6.92 Å². The SMILES string of the molecule is CCS(=O)(=O)N(C)CC(=O)NCCC(C)N.Cl. The smallest absolute Gasteiger partial charge is 0.235 e. The highest BCUT2D eigenvalue weighted by molar-refractivity contribution is 7.89. The lowest BCUT2D eigenvalue weighted by Crippen LogP contribution is -2.40. The first-order chi connectivity index (χ1) is 7.29. The fourth-order valence-electron chi connectivity index (χ4n) is 1.02. The van der Waals surface area contributed by atoms with Gasteiger partial charge < -0.3 is 11.1 Å². The number of nitrogens with two attached hydrogens (primary N) is 1. The largest absolute Gasteiger partial charge is 0.355 e. The molecule has 0 heterocycles. The van der Waals surface area contributed by atoms with E-state index < -0.39 is 10.0 Å². The summed E-state index contributed by atoms with van der Waals surface area (Å²) in [6.07, 6.45) is 0.677. The second-order valence-electron chi connectivity index (χ2n) is 3.77. The molecule has 0 saturated heterocycles. The van der Waals surface area contributed by atoms with Crippen molar-refractivity contribution in [3.05, 3.63) is 0 Å². The number of likely N-dealkylation sites (N-methyl/N-ethyl adjacent to an activating group) is 1. The standard InChI is InChI=1S/C9H21N3O3S.ClH/c1-4-16(14,15)12(3)7-9(13)11-6-5-8(2)10;/h8H,4-7,10H2,1-3H3,(H,11,13);1H. The van der Waals surface area contributed by atoms with E-state index in [0.717, 1.165) is 4.31 Å². The third kappa shape index (κ3) is 8.37. The number of hydrogen-bond donors (Lipinski definition) is 2. The van der Waals surface area contributed by atoms with Crippen LogP contribution < -0.4 is 11.1 Å². The summed E-state index contributed by atoms with van der Waals surface area (Å²) in [7, 11) is -1.89. The Labute approximate surface area is 109 Å². The van der Waals surface area contributed by atoms with E-state index >= 15 is 0 Å². The molecule has 104 valence electrons. The Morgan fingerprint density at radius 1 is 1.47 bits per heavy atom. The summed E-state index contributed by atoms with van der Waals surface area (Å²) in [5, 5.41) is 2.62. The molecule has 0 aromatic rings. The average molecular weight is 288 g/mol. The maximum Gasteiger partial charge on any atom is 0.235 e. The van der Waals surface area contributed by atoms with Gasteiger partial charge in [0.1, 0.15) is 0 Å². The van der Waals surface area contributed by atoms with Gasteiger partial charge in [0.2, 0.25) is 15.9 Å². The van der Waals surface area contributed by atoms with Crippen molar-refractivity contribution in [1.29, 1.82) is 0 Å². The molecule has 0 fully saturated rings. The highest BCUT2D eigenvalue weighted by Crippen LogP contribution is 1.96. The van der Waals surface area contributed by atoms with Gasteiger partial charge in [-0.25, -0.2) is 8.42 Å². The fourth-order valence-corrected chi connectivity index (χ4v) is 1.77. The molecule has 0 radical (unpaired) electrons. The summed E-state index contributed by atoms with van der Waals surface area (Å²) in [6.45, 7) is 3.71. The first-order valence-corrected chi connectivity index (χ1v) is 6.86. The molecule has 0 spiro atoms. The van der Waals surface area contributed by atoms with Crippen molar-refractivity contribution in [2.75, 3.05) is 25.9 Å². The predicted octanol–water partition coefficient (Wildman–Crippen LogP) is -0.457. The molecular weight excluding hydrogens is 266 g/mol. The molecule has 17 heavy (non-hydrogen) atoms. The van der Waals surface area contributed by atoms with Crippen LogP contribution in [0, 0.1) is 0 Å². The number of halogens is 1. The second kappa shape index (κ2) is 8.68. The topological polar surface area (TPSA) is 92.5 Å². The fraction of sp³-hybridized carbons (Fsp3) is 0.889. The van der Waals surface area contributed by atoms with Gasteiger partial charge in [-0.2, -0.15) is 4.31 Å². The molecule has 0 saturated carbocycles. The van der Waals surface area contributed by atoms with Crippen LogP contribution in [0.1, 0.15) is 20.3 Å². The maximum absolute atomic E-state index is 11.3. The third-order valence-electron chi connectivity index (χ3n) is 2.13. The summed E-state index contributed by atoms with van der Waals surface area (Å²) in [5.41, 5.74) is 5.51. The van der Waals surface area contributed by atoms with Crippen molar-refractivity contribution in [3.8, 4) is 0 Å². The summed E-state index contributed by atoms with van der Waals surface area (Å²) in [5.74, 6) is -0.309. The first kappa shape index (κ1) is 19.0. The zero-order chi connectivity index (χ0) is 12.8. The quantitative estimate of drug-likeness (QED) is 0.663. The summed E-state index contributed by atoms with van der Waals surface area (Å²) in [4.78, 5) is 11.3. The molecule has 0 aliphatic heterocycles. The molecular formula is C9H22ClN3O3S. The van der Waals surface area contributed by atoms with Crippen molar-refractivity contribution in [2.45, 2.75) is 26.3 Å². The molecule has 6 nitrogen and oxygen atoms in total. The summed E-state index contributed by atoms with van der Waals surface area (Å²) >= 11 is 0. The zero-order valence-corrected chi connectivity index (χ0v) is 12.1. The number of nitrogens with zero attached hydrogens (tertiary/aromatic N) is 1. The number of amides is 1. The Bertz CT molecular complexity index is 319. The predicted molar refractivity (Wildman–Crippen MR) is 70.6 cm³/mol. The van der Waals surface area contributed by atoms with Crippen LogP contribution >= 0.6 is 12.4 Å². The van der Waals surface area contributed by atoms with Crippen molar-refractivity contribution in [1.82, 2.24) is 9.62 Å². The molecule has 1 unspecified atom stereocenters. The van der Waals surface area contributed by atoms with Gasteiger partial charge in [0, 0.05) is 19.6 Å². The van der Waals surface area contributed by atoms with Crippen LogP contribution in [-0.4, -0.2) is 50.6 Å². The minimum Gasteiger partial charge on any atom is -0.355 e. The molecule has 3 N–H and O–H groups in total. The van der Waals surface area contributed by atoms with Gasteiger partial charge in [-0.05, 0) is 20.3 Å². The lowest BCUT2D eigenvalue weighted by molar-refractivity contribution is -0.121. The van der Waals surface area contributed by atoms with Crippen LogP contribution in [0.15, 0.2) is 0 Å². The van der Waals surface area contributed by atoms with E-state index in [0.29, 0.717) is 13.0 Å². The van der Waals surface area contributed by atoms with Crippen molar-refractivity contribution in [3.63, 3.8) is 0 Å². The Balaban J connectivity index is 0. The van der Waals surface area contributed by atoms with E-state index in [1.165, 1.54) is 7.05 Å². The van der Waals surface area contributed by atoms with Crippen LogP contribution in [0.3, 0.4) is 0 Å². The minimum absolute atomic E-state index is 0. The number of carbonyl (C=O) groups is 1. The number of nitrogens with one attached hydrogen (secondary N) is 1. The van der Waals surface area contributed by atoms with Crippen molar-refractivity contribution < 1.29 is 13.2 Å². The van der Waals surface area contributed by atoms with Crippen LogP contribution in [0.4, 0.5) is 0 Å². The van der Waals surface area contributed by atoms with Gasteiger partial charge in [0.05, 0.1) is 12.3 Å². The lowest BCUT2D eigenvalue weighted by Gasteiger charge is -2.15. The lowest BCUT2D eigenvalue weighted by atomic mass is 10.2. The highest BCUT2D eigenvalue weighted by Gasteiger charge is 2.17. The maximum atomic E-state index is 11.3. The van der Waals surface area contributed by atoms with E-state index in [1.807, 2.05) is 6.92 Å². The van der Waals surface area contributed by atoms with Gasteiger partial charge in [-0.1, -0.05) is 0 Å². The average Bonchev–Trinajstić information content (AvgIpc) is 2.16. The molecule has 0 rings (SSSR count).